The fourth-order valence-corrected chi connectivity index (χ4v) is 1.18. The van der Waals surface area contributed by atoms with Crippen LogP contribution >= 0.6 is 23.4 Å². The van der Waals surface area contributed by atoms with E-state index in [-0.39, 0.29) is 0 Å². The summed E-state index contributed by atoms with van der Waals surface area (Å²) in [5.41, 5.74) is 2.89. The highest BCUT2D eigenvalue weighted by Gasteiger charge is 1.93. The van der Waals surface area contributed by atoms with Crippen molar-refractivity contribution in [2.75, 3.05) is 5.75 Å². The lowest BCUT2D eigenvalue weighted by atomic mass is 10.4. The molecule has 0 unspecified atom stereocenters. The number of thioether (sulfide) groups is 1. The molecule has 0 amide bonds. The molecule has 0 nitrogen and oxygen atoms in total. The largest absolute Gasteiger partial charge is 0.155 e. The van der Waals surface area contributed by atoms with Crippen LogP contribution in [0, 0.1) is 0 Å². The van der Waals surface area contributed by atoms with Gasteiger partial charge >= 0.3 is 0 Å². The predicted octanol–water partition coefficient (Wildman–Crippen LogP) is 3.27. The summed E-state index contributed by atoms with van der Waals surface area (Å²) in [6, 6.07) is 0. The molecule has 0 N–H and O–H groups in total. The summed E-state index contributed by atoms with van der Waals surface area (Å²) in [6.45, 7) is 6.42. The molecule has 0 aromatic carbocycles. The topological polar surface area (TPSA) is 0 Å². The molecule has 0 rings (SSSR count). The highest BCUT2D eigenvalue weighted by atomic mass is 35.5. The van der Waals surface area contributed by atoms with Crippen molar-refractivity contribution in [3.8, 4) is 0 Å². The molecule has 54 valence electrons. The Kier molecular flexibility index (Phi) is 5.41. The van der Waals surface area contributed by atoms with E-state index in [0.717, 1.165) is 5.75 Å². The first kappa shape index (κ1) is 9.38. The van der Waals surface area contributed by atoms with Crippen molar-refractivity contribution in [3.05, 3.63) is 11.1 Å². The van der Waals surface area contributed by atoms with E-state index in [2.05, 4.69) is 13.8 Å². The molecule has 0 aromatic rings. The quantitative estimate of drug-likeness (QED) is 0.617. The highest BCUT2D eigenvalue weighted by molar-refractivity contribution is 8.00. The molecular weight excluding hydrogens is 152 g/mol. The van der Waals surface area contributed by atoms with E-state index in [1.54, 1.807) is 5.54 Å². The molecule has 0 heterocycles. The lowest BCUT2D eigenvalue weighted by Crippen LogP contribution is -1.89. The van der Waals surface area contributed by atoms with Crippen molar-refractivity contribution in [2.45, 2.75) is 26.0 Å². The van der Waals surface area contributed by atoms with Crippen LogP contribution in [0.3, 0.4) is 0 Å². The zero-order valence-electron chi connectivity index (χ0n) is 6.15. The first-order chi connectivity index (χ1) is 4.16. The van der Waals surface area contributed by atoms with Gasteiger partial charge in [0, 0.05) is 11.3 Å². The van der Waals surface area contributed by atoms with Crippen LogP contribution in [0.15, 0.2) is 11.1 Å². The van der Waals surface area contributed by atoms with E-state index in [4.69, 9.17) is 11.6 Å². The standard InChI is InChI=1S/C7H13ClS/c1-6(2)9-5-7(3)4-8/h4,6H,5H2,1-3H3/b7-4+. The SMILES string of the molecule is C/C(=C\Cl)CSC(C)C. The molecule has 0 spiro atoms. The van der Waals surface area contributed by atoms with E-state index < -0.39 is 0 Å². The van der Waals surface area contributed by atoms with E-state index in [1.807, 2.05) is 18.7 Å². The molecule has 0 saturated carbocycles. The Labute approximate surface area is 66.7 Å². The first-order valence-electron chi connectivity index (χ1n) is 3.04. The van der Waals surface area contributed by atoms with Gasteiger partial charge in [-0.3, -0.25) is 0 Å². The van der Waals surface area contributed by atoms with Gasteiger partial charge in [0.25, 0.3) is 0 Å². The summed E-state index contributed by atoms with van der Waals surface area (Å²) >= 11 is 7.37. The molecule has 0 aliphatic carbocycles. The van der Waals surface area contributed by atoms with Crippen LogP contribution in [0.5, 0.6) is 0 Å². The van der Waals surface area contributed by atoms with Gasteiger partial charge in [-0.25, -0.2) is 0 Å². The second-order valence-electron chi connectivity index (χ2n) is 2.32. The van der Waals surface area contributed by atoms with Gasteiger partial charge in [-0.1, -0.05) is 31.0 Å². The van der Waals surface area contributed by atoms with Crippen molar-refractivity contribution >= 4 is 23.4 Å². The molecule has 9 heavy (non-hydrogen) atoms. The third kappa shape index (κ3) is 6.26. The second-order valence-corrected chi connectivity index (χ2v) is 4.10. The van der Waals surface area contributed by atoms with Crippen LogP contribution in [0.25, 0.3) is 0 Å². The Bertz CT molecular complexity index is 97.1. The minimum atomic E-state index is 0.705. The predicted molar refractivity (Wildman–Crippen MR) is 47.2 cm³/mol. The zero-order chi connectivity index (χ0) is 7.28. The maximum atomic E-state index is 5.46. The molecule has 0 aliphatic heterocycles. The lowest BCUT2D eigenvalue weighted by molar-refractivity contribution is 1.11. The summed E-state index contributed by atoms with van der Waals surface area (Å²) in [5, 5.41) is 0.705. The lowest BCUT2D eigenvalue weighted by Gasteiger charge is -2.02. The number of hydrogen-bond acceptors (Lipinski definition) is 1. The van der Waals surface area contributed by atoms with Crippen molar-refractivity contribution in [1.82, 2.24) is 0 Å². The average molecular weight is 165 g/mol. The Morgan fingerprint density at radius 3 is 2.56 bits per heavy atom. The monoisotopic (exact) mass is 164 g/mol. The van der Waals surface area contributed by atoms with Gasteiger partial charge in [0.1, 0.15) is 0 Å². The van der Waals surface area contributed by atoms with Gasteiger partial charge in [-0.2, -0.15) is 11.8 Å². The molecule has 0 saturated heterocycles. The Morgan fingerprint density at radius 2 is 2.22 bits per heavy atom. The molecule has 0 aliphatic rings. The minimum Gasteiger partial charge on any atom is -0.155 e. The molecular formula is C7H13ClS. The van der Waals surface area contributed by atoms with Crippen molar-refractivity contribution < 1.29 is 0 Å². The number of hydrogen-bond donors (Lipinski definition) is 0. The van der Waals surface area contributed by atoms with E-state index in [0.29, 0.717) is 5.25 Å². The molecule has 0 fully saturated rings. The van der Waals surface area contributed by atoms with E-state index in [9.17, 15) is 0 Å². The third-order valence-corrected chi connectivity index (χ3v) is 2.49. The van der Waals surface area contributed by atoms with Gasteiger partial charge in [0.15, 0.2) is 0 Å². The summed E-state index contributed by atoms with van der Waals surface area (Å²) < 4.78 is 0. The van der Waals surface area contributed by atoms with E-state index in [1.165, 1.54) is 5.57 Å². The van der Waals surface area contributed by atoms with Crippen LogP contribution in [0.2, 0.25) is 0 Å². The van der Waals surface area contributed by atoms with Crippen molar-refractivity contribution in [1.29, 1.82) is 0 Å². The summed E-state index contributed by atoms with van der Waals surface area (Å²) in [7, 11) is 0. The van der Waals surface area contributed by atoms with Gasteiger partial charge in [-0.15, -0.1) is 0 Å². The third-order valence-electron chi connectivity index (χ3n) is 0.831. The molecule has 2 heteroatoms. The second kappa shape index (κ2) is 5.19. The molecule has 0 bridgehead atoms. The Balaban J connectivity index is 3.28. The van der Waals surface area contributed by atoms with Crippen LogP contribution in [-0.4, -0.2) is 11.0 Å². The highest BCUT2D eigenvalue weighted by Crippen LogP contribution is 2.13. The van der Waals surface area contributed by atoms with Gasteiger partial charge < -0.3 is 0 Å². The normalized spacial score (nSPS) is 12.8. The van der Waals surface area contributed by atoms with Crippen LogP contribution in [-0.2, 0) is 0 Å². The Hall–Kier alpha value is 0.380. The van der Waals surface area contributed by atoms with Gasteiger partial charge in [0.2, 0.25) is 0 Å². The average Bonchev–Trinajstić information content (AvgIpc) is 1.83. The molecule has 0 atom stereocenters. The van der Waals surface area contributed by atoms with E-state index >= 15 is 0 Å². The molecule has 0 radical (unpaired) electrons. The first-order valence-corrected chi connectivity index (χ1v) is 4.52. The maximum absolute atomic E-state index is 5.46. The minimum absolute atomic E-state index is 0.705. The Morgan fingerprint density at radius 1 is 1.67 bits per heavy atom. The number of rotatable bonds is 3. The number of halogens is 1. The van der Waals surface area contributed by atoms with Crippen LogP contribution in [0.4, 0.5) is 0 Å². The van der Waals surface area contributed by atoms with Crippen LogP contribution in [0.1, 0.15) is 20.8 Å². The van der Waals surface area contributed by atoms with Crippen molar-refractivity contribution in [2.24, 2.45) is 0 Å². The van der Waals surface area contributed by atoms with Crippen molar-refractivity contribution in [3.63, 3.8) is 0 Å². The fraction of sp³-hybridized carbons (Fsp3) is 0.714. The van der Waals surface area contributed by atoms with Gasteiger partial charge in [-0.05, 0) is 12.2 Å². The molecule has 0 aromatic heterocycles. The summed E-state index contributed by atoms with van der Waals surface area (Å²) in [4.78, 5) is 0. The van der Waals surface area contributed by atoms with Crippen LogP contribution < -0.4 is 0 Å². The fourth-order valence-electron chi connectivity index (χ4n) is 0.330. The summed E-state index contributed by atoms with van der Waals surface area (Å²) in [6.07, 6.45) is 0. The zero-order valence-corrected chi connectivity index (χ0v) is 7.72. The smallest absolute Gasteiger partial charge is 0.0154 e. The van der Waals surface area contributed by atoms with Gasteiger partial charge in [0.05, 0.1) is 0 Å². The maximum Gasteiger partial charge on any atom is 0.0154 e. The summed E-state index contributed by atoms with van der Waals surface area (Å²) in [5.74, 6) is 1.06.